The van der Waals surface area contributed by atoms with Crippen LogP contribution in [0, 0.1) is 6.07 Å². The molecule has 0 aromatic heterocycles. The summed E-state index contributed by atoms with van der Waals surface area (Å²) in [4.78, 5) is 0. The first-order valence-electron chi connectivity index (χ1n) is 5.23. The van der Waals surface area contributed by atoms with Gasteiger partial charge >= 0.3 is 0 Å². The molecule has 0 saturated heterocycles. The maximum Gasteiger partial charge on any atom is 0.0776 e. The van der Waals surface area contributed by atoms with Crippen molar-refractivity contribution in [2.45, 2.75) is 39.3 Å². The predicted octanol–water partition coefficient (Wildman–Crippen LogP) is 2.58. The molecule has 14 heavy (non-hydrogen) atoms. The summed E-state index contributed by atoms with van der Waals surface area (Å²) in [7, 11) is -2.31. The number of hydrogen-bond acceptors (Lipinski definition) is 0. The topological polar surface area (TPSA) is 0 Å². The molecule has 0 bridgehead atoms. The van der Waals surface area contributed by atoms with Crippen LogP contribution in [0.3, 0.4) is 0 Å². The zero-order valence-corrected chi connectivity index (χ0v) is 12.2. The second-order valence-electron chi connectivity index (χ2n) is 6.01. The first kappa shape index (κ1) is 11.7. The van der Waals surface area contributed by atoms with Crippen molar-refractivity contribution in [3.63, 3.8) is 0 Å². The Labute approximate surface area is 90.4 Å². The third-order valence-corrected chi connectivity index (χ3v) is 6.56. The van der Waals surface area contributed by atoms with Crippen molar-refractivity contribution in [1.82, 2.24) is 0 Å². The van der Waals surface area contributed by atoms with Gasteiger partial charge in [-0.1, -0.05) is 67.9 Å². The van der Waals surface area contributed by atoms with Gasteiger partial charge in [0.2, 0.25) is 0 Å². The van der Waals surface area contributed by atoms with Gasteiger partial charge in [0.05, 0.1) is 16.1 Å². The molecule has 0 fully saturated rings. The van der Waals surface area contributed by atoms with E-state index in [1.165, 1.54) is 10.4 Å². The van der Waals surface area contributed by atoms with Crippen molar-refractivity contribution in [2.24, 2.45) is 0 Å². The summed E-state index contributed by atoms with van der Waals surface area (Å²) in [6, 6.07) is 10.1. The van der Waals surface area contributed by atoms with Crippen molar-refractivity contribution < 1.29 is 0 Å². The molecule has 1 rings (SSSR count). The van der Waals surface area contributed by atoms with E-state index in [9.17, 15) is 0 Å². The van der Waals surface area contributed by atoms with Crippen molar-refractivity contribution >= 4 is 26.5 Å². The Morgan fingerprint density at radius 3 is 1.43 bits per heavy atom. The molecule has 0 saturated carbocycles. The van der Waals surface area contributed by atoms with E-state index in [2.05, 4.69) is 63.5 Å². The van der Waals surface area contributed by atoms with E-state index < -0.39 is 16.1 Å². The van der Waals surface area contributed by atoms with Gasteiger partial charge in [-0.15, -0.1) is 0 Å². The minimum absolute atomic E-state index is 1.15. The van der Waals surface area contributed by atoms with Gasteiger partial charge in [-0.25, -0.2) is 0 Å². The lowest BCUT2D eigenvalue weighted by Crippen LogP contribution is -2.44. The van der Waals surface area contributed by atoms with Gasteiger partial charge in [-0.3, -0.25) is 0 Å². The number of benzene rings is 1. The van der Waals surface area contributed by atoms with Crippen molar-refractivity contribution in [2.75, 3.05) is 0 Å². The van der Waals surface area contributed by atoms with E-state index in [-0.39, 0.29) is 0 Å². The van der Waals surface area contributed by atoms with Crippen LogP contribution in [0.25, 0.3) is 0 Å². The molecule has 1 aromatic rings. The Bertz CT molecular complexity index is 287. The minimum atomic E-state index is -1.15. The SMILES string of the molecule is C[Si](C)(C)c1c[c]cc([Si](C)(C)C)c1. The molecule has 0 amide bonds. The molecule has 77 valence electrons. The molecule has 0 N–H and O–H groups in total. The normalized spacial score (nSPS) is 13.0. The van der Waals surface area contributed by atoms with E-state index in [1.807, 2.05) is 0 Å². The molecule has 0 heterocycles. The molecule has 0 aliphatic rings. The van der Waals surface area contributed by atoms with Crippen molar-refractivity contribution in [3.8, 4) is 0 Å². The largest absolute Gasteiger partial charge is 0.0776 e. The molecule has 1 radical (unpaired) electrons. The highest BCUT2D eigenvalue weighted by molar-refractivity contribution is 6.91. The molecule has 0 atom stereocenters. The summed E-state index contributed by atoms with van der Waals surface area (Å²) in [5.74, 6) is 0. The Hall–Kier alpha value is -0.346. The highest BCUT2D eigenvalue weighted by atomic mass is 28.3. The lowest BCUT2D eigenvalue weighted by Gasteiger charge is -2.22. The fraction of sp³-hybridized carbons (Fsp3) is 0.500. The molecular weight excluding hydrogens is 200 g/mol. The van der Waals surface area contributed by atoms with Gasteiger partial charge in [0.1, 0.15) is 0 Å². The zero-order valence-electron chi connectivity index (χ0n) is 10.2. The highest BCUT2D eigenvalue weighted by Crippen LogP contribution is 2.04. The second-order valence-corrected chi connectivity index (χ2v) is 16.2. The quantitative estimate of drug-likeness (QED) is 0.674. The Balaban J connectivity index is 3.15. The second kappa shape index (κ2) is 3.67. The molecule has 0 spiro atoms. The fourth-order valence-electron chi connectivity index (χ4n) is 1.34. The summed E-state index contributed by atoms with van der Waals surface area (Å²) in [5.41, 5.74) is 0. The number of hydrogen-bond donors (Lipinski definition) is 0. The van der Waals surface area contributed by atoms with Gasteiger partial charge in [-0.05, 0) is 6.07 Å². The van der Waals surface area contributed by atoms with Crippen LogP contribution in [0.2, 0.25) is 39.3 Å². The fourth-order valence-corrected chi connectivity index (χ4v) is 3.69. The van der Waals surface area contributed by atoms with Crippen LogP contribution in [0.1, 0.15) is 0 Å². The molecule has 0 nitrogen and oxygen atoms in total. The average Bonchev–Trinajstić information content (AvgIpc) is 2.01. The van der Waals surface area contributed by atoms with Crippen LogP contribution in [0.4, 0.5) is 0 Å². The highest BCUT2D eigenvalue weighted by Gasteiger charge is 2.21. The van der Waals surface area contributed by atoms with Crippen LogP contribution in [0.15, 0.2) is 18.2 Å². The van der Waals surface area contributed by atoms with Gasteiger partial charge in [0.25, 0.3) is 0 Å². The summed E-state index contributed by atoms with van der Waals surface area (Å²) in [6.45, 7) is 14.4. The van der Waals surface area contributed by atoms with Gasteiger partial charge in [-0.2, -0.15) is 0 Å². The summed E-state index contributed by atoms with van der Waals surface area (Å²) >= 11 is 0. The minimum Gasteiger partial charge on any atom is -0.0656 e. The maximum absolute atomic E-state index is 3.31. The Morgan fingerprint density at radius 1 is 0.786 bits per heavy atom. The molecule has 0 aliphatic carbocycles. The van der Waals surface area contributed by atoms with E-state index in [0.29, 0.717) is 0 Å². The smallest absolute Gasteiger partial charge is 0.0656 e. The zero-order chi connectivity index (χ0) is 11.0. The van der Waals surface area contributed by atoms with Gasteiger partial charge in [0, 0.05) is 0 Å². The first-order valence-corrected chi connectivity index (χ1v) is 12.2. The standard InChI is InChI=1S/C12H21Si2/c1-13(2,3)11-8-7-9-12(10-11)14(4,5)6/h8-10H,1-6H3. The molecule has 0 unspecified atom stereocenters. The monoisotopic (exact) mass is 221 g/mol. The third kappa shape index (κ3) is 2.82. The lowest BCUT2D eigenvalue weighted by molar-refractivity contribution is 1.66. The van der Waals surface area contributed by atoms with E-state index in [4.69, 9.17) is 0 Å². The summed E-state index contributed by atoms with van der Waals surface area (Å²) in [6.07, 6.45) is 0. The molecule has 2 heteroatoms. The van der Waals surface area contributed by atoms with E-state index in [1.54, 1.807) is 0 Å². The predicted molar refractivity (Wildman–Crippen MR) is 71.2 cm³/mol. The van der Waals surface area contributed by atoms with E-state index in [0.717, 1.165) is 0 Å². The molecule has 0 aliphatic heterocycles. The van der Waals surface area contributed by atoms with Crippen LogP contribution in [-0.4, -0.2) is 16.1 Å². The number of rotatable bonds is 2. The van der Waals surface area contributed by atoms with E-state index >= 15 is 0 Å². The van der Waals surface area contributed by atoms with Crippen LogP contribution >= 0.6 is 0 Å². The van der Waals surface area contributed by atoms with Crippen molar-refractivity contribution in [1.29, 1.82) is 0 Å². The van der Waals surface area contributed by atoms with Crippen LogP contribution in [0.5, 0.6) is 0 Å². The summed E-state index contributed by atoms with van der Waals surface area (Å²) < 4.78 is 0. The lowest BCUT2D eigenvalue weighted by atomic mass is 10.4. The van der Waals surface area contributed by atoms with Gasteiger partial charge < -0.3 is 0 Å². The van der Waals surface area contributed by atoms with Gasteiger partial charge in [0.15, 0.2) is 0 Å². The van der Waals surface area contributed by atoms with Crippen LogP contribution in [-0.2, 0) is 0 Å². The van der Waals surface area contributed by atoms with Crippen molar-refractivity contribution in [3.05, 3.63) is 24.3 Å². The first-order chi connectivity index (χ1) is 6.21. The maximum atomic E-state index is 3.31. The Morgan fingerprint density at radius 2 is 1.14 bits per heavy atom. The summed E-state index contributed by atoms with van der Waals surface area (Å²) in [5, 5.41) is 3.08. The molecule has 1 aromatic carbocycles. The average molecular weight is 221 g/mol. The van der Waals surface area contributed by atoms with Crippen LogP contribution < -0.4 is 10.4 Å². The third-order valence-electron chi connectivity index (χ3n) is 2.52. The molecular formula is C12H21Si2. The Kier molecular flexibility index (Phi) is 3.07.